The Morgan fingerprint density at radius 2 is 1.96 bits per heavy atom. The lowest BCUT2D eigenvalue weighted by molar-refractivity contribution is 0.203. The van der Waals surface area contributed by atoms with Crippen LogP contribution in [-0.4, -0.2) is 34.4 Å². The average Bonchev–Trinajstić information content (AvgIpc) is 2.55. The van der Waals surface area contributed by atoms with E-state index in [0.29, 0.717) is 5.92 Å². The Balaban J connectivity index is 1.86. The number of aromatic amines is 1. The van der Waals surface area contributed by atoms with Crippen molar-refractivity contribution >= 4 is 5.69 Å². The zero-order valence-corrected chi connectivity index (χ0v) is 13.2. The van der Waals surface area contributed by atoms with Crippen molar-refractivity contribution in [3.05, 3.63) is 56.9 Å². The van der Waals surface area contributed by atoms with Crippen LogP contribution in [0.25, 0.3) is 5.69 Å². The summed E-state index contributed by atoms with van der Waals surface area (Å²) in [5, 5.41) is 9.22. The fourth-order valence-corrected chi connectivity index (χ4v) is 3.09. The van der Waals surface area contributed by atoms with E-state index in [1.807, 2.05) is 19.1 Å². The summed E-state index contributed by atoms with van der Waals surface area (Å²) in [7, 11) is 0. The molecule has 0 radical (unpaired) electrons. The first-order valence-corrected chi connectivity index (χ1v) is 7.87. The summed E-state index contributed by atoms with van der Waals surface area (Å²) >= 11 is 0. The third-order valence-corrected chi connectivity index (χ3v) is 4.50. The van der Waals surface area contributed by atoms with E-state index in [-0.39, 0.29) is 6.61 Å². The molecule has 0 atom stereocenters. The van der Waals surface area contributed by atoms with E-state index in [2.05, 4.69) is 16.0 Å². The van der Waals surface area contributed by atoms with Gasteiger partial charge < -0.3 is 10.0 Å². The number of benzene rings is 1. The fraction of sp³-hybridized carbons (Fsp3) is 0.412. The molecule has 2 heterocycles. The highest BCUT2D eigenvalue weighted by Crippen LogP contribution is 2.25. The number of anilines is 1. The minimum absolute atomic E-state index is 0.265. The second-order valence-corrected chi connectivity index (χ2v) is 6.06. The molecule has 6 heteroatoms. The monoisotopic (exact) mass is 315 g/mol. The molecule has 6 nitrogen and oxygen atoms in total. The number of hydrogen-bond donors (Lipinski definition) is 2. The predicted molar refractivity (Wildman–Crippen MR) is 89.4 cm³/mol. The first-order valence-electron chi connectivity index (χ1n) is 7.87. The molecule has 0 unspecified atom stereocenters. The van der Waals surface area contributed by atoms with Gasteiger partial charge in [-0.25, -0.2) is 4.79 Å². The summed E-state index contributed by atoms with van der Waals surface area (Å²) in [5.41, 5.74) is 2.03. The Bertz CT molecular complexity index is 801. The Morgan fingerprint density at radius 3 is 2.57 bits per heavy atom. The Labute approximate surface area is 134 Å². The molecule has 1 aromatic heterocycles. The first kappa shape index (κ1) is 15.6. The molecule has 0 spiro atoms. The Morgan fingerprint density at radius 1 is 1.22 bits per heavy atom. The highest BCUT2D eigenvalue weighted by molar-refractivity contribution is 5.55. The smallest absolute Gasteiger partial charge is 0.332 e. The summed E-state index contributed by atoms with van der Waals surface area (Å²) in [6, 6.07) is 7.31. The molecular formula is C17H21N3O3. The van der Waals surface area contributed by atoms with Crippen molar-refractivity contribution in [2.75, 3.05) is 24.6 Å². The second kappa shape index (κ2) is 6.42. The quantitative estimate of drug-likeness (QED) is 0.887. The van der Waals surface area contributed by atoms with Crippen molar-refractivity contribution in [3.63, 3.8) is 0 Å². The van der Waals surface area contributed by atoms with Gasteiger partial charge in [0.15, 0.2) is 0 Å². The van der Waals surface area contributed by atoms with E-state index in [1.54, 1.807) is 0 Å². The number of rotatable bonds is 3. The minimum atomic E-state index is -0.433. The molecule has 0 saturated carbocycles. The number of aryl methyl sites for hydroxylation is 1. The van der Waals surface area contributed by atoms with Crippen molar-refractivity contribution in [3.8, 4) is 5.69 Å². The van der Waals surface area contributed by atoms with E-state index in [9.17, 15) is 14.7 Å². The average molecular weight is 315 g/mol. The van der Waals surface area contributed by atoms with E-state index in [1.165, 1.54) is 16.8 Å². The van der Waals surface area contributed by atoms with Crippen LogP contribution in [0.15, 0.2) is 40.1 Å². The van der Waals surface area contributed by atoms with Crippen LogP contribution in [-0.2, 0) is 0 Å². The lowest BCUT2D eigenvalue weighted by Gasteiger charge is -2.33. The maximum absolute atomic E-state index is 11.9. The molecule has 0 aliphatic carbocycles. The molecule has 0 amide bonds. The van der Waals surface area contributed by atoms with Crippen LogP contribution in [0, 0.1) is 12.8 Å². The highest BCUT2D eigenvalue weighted by Gasteiger charge is 2.19. The van der Waals surface area contributed by atoms with Gasteiger partial charge in [-0.15, -0.1) is 0 Å². The molecule has 1 saturated heterocycles. The first-order chi connectivity index (χ1) is 11.1. The van der Waals surface area contributed by atoms with Crippen molar-refractivity contribution in [2.24, 2.45) is 5.92 Å². The molecule has 0 bridgehead atoms. The second-order valence-electron chi connectivity index (χ2n) is 6.06. The van der Waals surface area contributed by atoms with Crippen molar-refractivity contribution < 1.29 is 5.11 Å². The number of nitrogens with zero attached hydrogens (tertiary/aromatic N) is 2. The van der Waals surface area contributed by atoms with Crippen LogP contribution in [0.3, 0.4) is 0 Å². The Hall–Kier alpha value is -2.34. The van der Waals surface area contributed by atoms with Gasteiger partial charge in [-0.05, 0) is 49.4 Å². The third-order valence-electron chi connectivity index (χ3n) is 4.50. The van der Waals surface area contributed by atoms with Gasteiger partial charge in [0.25, 0.3) is 5.56 Å². The normalized spacial score (nSPS) is 15.8. The lowest BCUT2D eigenvalue weighted by atomic mass is 9.97. The van der Waals surface area contributed by atoms with Gasteiger partial charge in [-0.1, -0.05) is 0 Å². The largest absolute Gasteiger partial charge is 0.396 e. The van der Waals surface area contributed by atoms with Gasteiger partial charge in [0.2, 0.25) is 0 Å². The lowest BCUT2D eigenvalue weighted by Crippen LogP contribution is -2.34. The van der Waals surface area contributed by atoms with Crippen molar-refractivity contribution in [1.29, 1.82) is 0 Å². The van der Waals surface area contributed by atoms with Gasteiger partial charge >= 0.3 is 5.69 Å². The van der Waals surface area contributed by atoms with Crippen LogP contribution in [0.5, 0.6) is 0 Å². The number of aliphatic hydroxyl groups excluding tert-OH is 1. The topological polar surface area (TPSA) is 78.3 Å². The van der Waals surface area contributed by atoms with Gasteiger partial charge in [0.05, 0.1) is 5.69 Å². The minimum Gasteiger partial charge on any atom is -0.396 e. The van der Waals surface area contributed by atoms with Crippen LogP contribution >= 0.6 is 0 Å². The highest BCUT2D eigenvalue weighted by atomic mass is 16.3. The van der Waals surface area contributed by atoms with Gasteiger partial charge in [0.1, 0.15) is 0 Å². The number of nitrogens with one attached hydrogen (secondary N) is 1. The fourth-order valence-electron chi connectivity index (χ4n) is 3.09. The van der Waals surface area contributed by atoms with Gasteiger partial charge in [-0.2, -0.15) is 0 Å². The van der Waals surface area contributed by atoms with Crippen LogP contribution in [0.4, 0.5) is 5.69 Å². The number of hydrogen-bond acceptors (Lipinski definition) is 4. The van der Waals surface area contributed by atoms with E-state index in [4.69, 9.17) is 0 Å². The summed E-state index contributed by atoms with van der Waals surface area (Å²) < 4.78 is 1.44. The van der Waals surface area contributed by atoms with Crippen molar-refractivity contribution in [2.45, 2.75) is 19.8 Å². The maximum atomic E-state index is 11.9. The van der Waals surface area contributed by atoms with Gasteiger partial charge in [-0.3, -0.25) is 14.3 Å². The molecule has 1 aliphatic heterocycles. The number of H-pyrrole nitrogens is 1. The number of aromatic nitrogens is 2. The molecule has 2 aromatic rings. The molecule has 1 aliphatic rings. The molecule has 122 valence electrons. The molecule has 1 fully saturated rings. The molecule has 1 aromatic carbocycles. The third kappa shape index (κ3) is 3.22. The summed E-state index contributed by atoms with van der Waals surface area (Å²) in [5.74, 6) is 0.409. The molecule has 23 heavy (non-hydrogen) atoms. The standard InChI is InChI=1S/C17H21N3O3/c1-12-10-14(19-7-4-13(11-21)5-8-19)2-3-15(12)20-9-6-16(22)18-17(20)23/h2-3,6,9-10,13,21H,4-5,7-8,11H2,1H3,(H,18,22,23). The molecule has 2 N–H and O–H groups in total. The van der Waals surface area contributed by atoms with Crippen molar-refractivity contribution in [1.82, 2.24) is 9.55 Å². The van der Waals surface area contributed by atoms with Crippen LogP contribution in [0.2, 0.25) is 0 Å². The van der Waals surface area contributed by atoms with Gasteiger partial charge in [0, 0.05) is 37.6 Å². The number of piperidine rings is 1. The zero-order valence-electron chi connectivity index (χ0n) is 13.2. The van der Waals surface area contributed by atoms with E-state index in [0.717, 1.165) is 42.9 Å². The van der Waals surface area contributed by atoms with Crippen LogP contribution < -0.4 is 16.1 Å². The summed E-state index contributed by atoms with van der Waals surface area (Å²) in [6.07, 6.45) is 3.49. The van der Waals surface area contributed by atoms with Crippen LogP contribution in [0.1, 0.15) is 18.4 Å². The summed E-state index contributed by atoms with van der Waals surface area (Å²) in [6.45, 7) is 4.09. The summed E-state index contributed by atoms with van der Waals surface area (Å²) in [4.78, 5) is 27.7. The maximum Gasteiger partial charge on any atom is 0.332 e. The van der Waals surface area contributed by atoms with E-state index >= 15 is 0 Å². The molecule has 3 rings (SSSR count). The number of aliphatic hydroxyl groups is 1. The Kier molecular flexibility index (Phi) is 4.34. The predicted octanol–water partition coefficient (Wildman–Crippen LogP) is 1.04. The zero-order chi connectivity index (χ0) is 16.4. The molecular weight excluding hydrogens is 294 g/mol. The SMILES string of the molecule is Cc1cc(N2CCC(CO)CC2)ccc1-n1ccc(=O)[nH]c1=O. The van der Waals surface area contributed by atoms with E-state index < -0.39 is 11.2 Å².